The number of anilines is 2. The van der Waals surface area contributed by atoms with Gasteiger partial charge in [-0.2, -0.15) is 15.0 Å². The van der Waals surface area contributed by atoms with Crippen LogP contribution in [0.4, 0.5) is 11.9 Å². The molecule has 2 atom stereocenters. The number of nitrogens with one attached hydrogen (secondary N) is 2. The highest BCUT2D eigenvalue weighted by molar-refractivity contribution is 5.36. The largest absolute Gasteiger partial charge is 0.464 e. The van der Waals surface area contributed by atoms with Gasteiger partial charge in [-0.1, -0.05) is 12.8 Å². The molecule has 8 heteroatoms. The van der Waals surface area contributed by atoms with Crippen LogP contribution < -0.4 is 21.3 Å². The second kappa shape index (κ2) is 7.20. The molecule has 0 radical (unpaired) electrons. The Balaban J connectivity index is 2.12. The lowest BCUT2D eigenvalue weighted by Crippen LogP contribution is -2.35. The zero-order chi connectivity index (χ0) is 14.4. The molecule has 0 spiro atoms. The quantitative estimate of drug-likeness (QED) is 0.440. The minimum atomic E-state index is 0.163. The van der Waals surface area contributed by atoms with Gasteiger partial charge in [-0.05, 0) is 19.8 Å². The van der Waals surface area contributed by atoms with E-state index in [0.29, 0.717) is 12.6 Å². The number of nitrogens with zero attached hydrogens (tertiary/aromatic N) is 3. The number of hydrogen-bond acceptors (Lipinski definition) is 8. The van der Waals surface area contributed by atoms with Gasteiger partial charge in [-0.15, -0.1) is 0 Å². The van der Waals surface area contributed by atoms with Crippen LogP contribution in [0.15, 0.2) is 0 Å². The molecule has 1 heterocycles. The summed E-state index contributed by atoms with van der Waals surface area (Å²) in [4.78, 5) is 12.4. The summed E-state index contributed by atoms with van der Waals surface area (Å²) in [7, 11) is 0. The average molecular weight is 282 g/mol. The Hall–Kier alpha value is -1.67. The molecule has 2 unspecified atom stereocenters. The monoisotopic (exact) mass is 282 g/mol. The van der Waals surface area contributed by atoms with Crippen LogP contribution in [0.1, 0.15) is 32.6 Å². The highest BCUT2D eigenvalue weighted by Gasteiger charge is 2.25. The number of ether oxygens (including phenoxy) is 1. The number of aliphatic hydroxyl groups is 1. The van der Waals surface area contributed by atoms with Crippen LogP contribution in [0.2, 0.25) is 0 Å². The van der Waals surface area contributed by atoms with Gasteiger partial charge in [0.1, 0.15) is 0 Å². The summed E-state index contributed by atoms with van der Waals surface area (Å²) in [6.45, 7) is 2.49. The minimum absolute atomic E-state index is 0.163. The van der Waals surface area contributed by atoms with Crippen molar-refractivity contribution in [3.63, 3.8) is 0 Å². The van der Waals surface area contributed by atoms with Gasteiger partial charge in [0, 0.05) is 18.6 Å². The lowest BCUT2D eigenvalue weighted by molar-refractivity contribution is 0.178. The van der Waals surface area contributed by atoms with Crippen molar-refractivity contribution >= 4 is 11.9 Å². The fourth-order valence-corrected chi connectivity index (χ4v) is 2.46. The molecule has 0 aliphatic heterocycles. The van der Waals surface area contributed by atoms with E-state index < -0.39 is 0 Å². The number of hydrazine groups is 1. The van der Waals surface area contributed by atoms with Crippen molar-refractivity contribution in [1.29, 1.82) is 0 Å². The zero-order valence-electron chi connectivity index (χ0n) is 11.7. The van der Waals surface area contributed by atoms with Crippen molar-refractivity contribution in [3.05, 3.63) is 0 Å². The molecule has 0 saturated heterocycles. The van der Waals surface area contributed by atoms with Crippen LogP contribution in [0, 0.1) is 5.92 Å². The van der Waals surface area contributed by atoms with E-state index in [9.17, 15) is 5.11 Å². The maximum atomic E-state index is 9.43. The molecule has 20 heavy (non-hydrogen) atoms. The van der Waals surface area contributed by atoms with Crippen molar-refractivity contribution in [2.24, 2.45) is 11.8 Å². The van der Waals surface area contributed by atoms with Crippen LogP contribution in [-0.4, -0.2) is 39.3 Å². The summed E-state index contributed by atoms with van der Waals surface area (Å²) in [5, 5.41) is 12.7. The highest BCUT2D eigenvalue weighted by Crippen LogP contribution is 2.26. The number of rotatable bonds is 6. The first-order valence-corrected chi connectivity index (χ1v) is 6.99. The fourth-order valence-electron chi connectivity index (χ4n) is 2.46. The lowest BCUT2D eigenvalue weighted by Gasteiger charge is -2.30. The third-order valence-electron chi connectivity index (χ3n) is 3.48. The molecule has 112 valence electrons. The van der Waals surface area contributed by atoms with Gasteiger partial charge in [0.05, 0.1) is 6.61 Å². The van der Waals surface area contributed by atoms with Gasteiger partial charge in [-0.25, -0.2) is 5.84 Å². The summed E-state index contributed by atoms with van der Waals surface area (Å²) < 4.78 is 5.28. The van der Waals surface area contributed by atoms with Crippen molar-refractivity contribution in [2.75, 3.05) is 24.0 Å². The van der Waals surface area contributed by atoms with E-state index in [2.05, 4.69) is 25.7 Å². The Labute approximate surface area is 118 Å². The van der Waals surface area contributed by atoms with Crippen LogP contribution in [0.5, 0.6) is 6.01 Å². The molecule has 1 aliphatic rings. The van der Waals surface area contributed by atoms with Crippen LogP contribution in [0.3, 0.4) is 0 Å². The Morgan fingerprint density at radius 3 is 2.70 bits per heavy atom. The molecule has 2 rings (SSSR count). The summed E-state index contributed by atoms with van der Waals surface area (Å²) in [6, 6.07) is 0.394. The fraction of sp³-hybridized carbons (Fsp3) is 0.750. The van der Waals surface area contributed by atoms with E-state index >= 15 is 0 Å². The summed E-state index contributed by atoms with van der Waals surface area (Å²) >= 11 is 0. The third kappa shape index (κ3) is 3.67. The van der Waals surface area contributed by atoms with E-state index in [0.717, 1.165) is 25.7 Å². The number of nitrogen functional groups attached to an aromatic ring is 1. The van der Waals surface area contributed by atoms with E-state index in [-0.39, 0.29) is 30.5 Å². The Morgan fingerprint density at radius 1 is 1.25 bits per heavy atom. The van der Waals surface area contributed by atoms with Crippen LogP contribution in [-0.2, 0) is 0 Å². The van der Waals surface area contributed by atoms with Crippen LogP contribution in [0.25, 0.3) is 0 Å². The SMILES string of the molecule is CCOc1nc(NN)nc(NC2CCCCC2CO)n1. The molecule has 0 bridgehead atoms. The summed E-state index contributed by atoms with van der Waals surface area (Å²) in [5.41, 5.74) is 2.40. The topological polar surface area (TPSA) is 118 Å². The smallest absolute Gasteiger partial charge is 0.323 e. The average Bonchev–Trinajstić information content (AvgIpc) is 2.48. The molecule has 1 aliphatic carbocycles. The molecule has 1 aromatic heterocycles. The second-order valence-corrected chi connectivity index (χ2v) is 4.82. The summed E-state index contributed by atoms with van der Waals surface area (Å²) in [6.07, 6.45) is 4.30. The molecule has 0 aromatic carbocycles. The molecular formula is C12H22N6O2. The van der Waals surface area contributed by atoms with Crippen molar-refractivity contribution in [3.8, 4) is 6.01 Å². The van der Waals surface area contributed by atoms with Gasteiger partial charge >= 0.3 is 6.01 Å². The highest BCUT2D eigenvalue weighted by atomic mass is 16.5. The predicted octanol–water partition coefficient (Wildman–Crippen LogP) is 0.519. The number of aliphatic hydroxyl groups excluding tert-OH is 1. The van der Waals surface area contributed by atoms with E-state index in [1.165, 1.54) is 0 Å². The summed E-state index contributed by atoms with van der Waals surface area (Å²) in [5.74, 6) is 6.24. The maximum absolute atomic E-state index is 9.43. The lowest BCUT2D eigenvalue weighted by atomic mass is 9.85. The third-order valence-corrected chi connectivity index (χ3v) is 3.48. The Bertz CT molecular complexity index is 430. The second-order valence-electron chi connectivity index (χ2n) is 4.82. The number of nitrogens with two attached hydrogens (primary N) is 1. The van der Waals surface area contributed by atoms with Crippen LogP contribution >= 0.6 is 0 Å². The molecule has 1 saturated carbocycles. The predicted molar refractivity (Wildman–Crippen MR) is 75.3 cm³/mol. The number of aromatic nitrogens is 3. The van der Waals surface area contributed by atoms with E-state index in [1.807, 2.05) is 6.92 Å². The van der Waals surface area contributed by atoms with E-state index in [1.54, 1.807) is 0 Å². The molecular weight excluding hydrogens is 260 g/mol. The zero-order valence-corrected chi connectivity index (χ0v) is 11.7. The van der Waals surface area contributed by atoms with Gasteiger partial charge in [0.15, 0.2) is 0 Å². The molecule has 8 nitrogen and oxygen atoms in total. The number of hydrogen-bond donors (Lipinski definition) is 4. The van der Waals surface area contributed by atoms with Crippen molar-refractivity contribution in [2.45, 2.75) is 38.6 Å². The van der Waals surface area contributed by atoms with Gasteiger partial charge < -0.3 is 15.2 Å². The normalized spacial score (nSPS) is 22.4. The Kier molecular flexibility index (Phi) is 5.31. The van der Waals surface area contributed by atoms with Gasteiger partial charge in [0.2, 0.25) is 11.9 Å². The molecule has 1 aromatic rings. The van der Waals surface area contributed by atoms with Gasteiger partial charge in [-0.3, -0.25) is 5.43 Å². The van der Waals surface area contributed by atoms with Crippen molar-refractivity contribution < 1.29 is 9.84 Å². The maximum Gasteiger partial charge on any atom is 0.323 e. The molecule has 0 amide bonds. The first kappa shape index (κ1) is 14.7. The Morgan fingerprint density at radius 2 is 2.00 bits per heavy atom. The molecule has 1 fully saturated rings. The van der Waals surface area contributed by atoms with Crippen molar-refractivity contribution in [1.82, 2.24) is 15.0 Å². The minimum Gasteiger partial charge on any atom is -0.464 e. The first-order valence-electron chi connectivity index (χ1n) is 6.99. The van der Waals surface area contributed by atoms with E-state index in [4.69, 9.17) is 10.6 Å². The molecule has 5 N–H and O–H groups in total. The first-order chi connectivity index (χ1) is 9.76. The van der Waals surface area contributed by atoms with Gasteiger partial charge in [0.25, 0.3) is 0 Å². The standard InChI is InChI=1S/C12H22N6O2/c1-2-20-12-16-10(15-11(17-12)18-13)14-9-6-4-3-5-8(9)7-19/h8-9,19H,2-7,13H2,1H3,(H2,14,15,16,17,18).